The fraction of sp³-hybridized carbons (Fsp3) is 0.517. The van der Waals surface area contributed by atoms with E-state index in [9.17, 15) is 27.2 Å². The van der Waals surface area contributed by atoms with Crippen LogP contribution >= 0.6 is 0 Å². The number of para-hydroxylation sites is 1. The van der Waals surface area contributed by atoms with Crippen LogP contribution in [0.4, 0.5) is 28.0 Å². The van der Waals surface area contributed by atoms with Crippen LogP contribution in [0, 0.1) is 5.82 Å². The number of ether oxygens (including phenoxy) is 3. The molecular weight excluding hydrogens is 532 g/mol. The Morgan fingerprint density at radius 2 is 1.62 bits per heavy atom. The number of benzene rings is 2. The molecule has 0 bridgehead atoms. The second-order valence-electron chi connectivity index (χ2n) is 9.76. The lowest BCUT2D eigenvalue weighted by molar-refractivity contribution is -0.158. The number of unbranched alkanes of at least 4 members (excludes halogenated alkanes) is 4. The molecule has 0 fully saturated rings. The van der Waals surface area contributed by atoms with E-state index in [0.717, 1.165) is 43.4 Å². The number of alkyl halides is 3. The van der Waals surface area contributed by atoms with E-state index in [1.165, 1.54) is 11.0 Å². The van der Waals surface area contributed by atoms with Crippen LogP contribution in [0.3, 0.4) is 0 Å². The van der Waals surface area contributed by atoms with Crippen LogP contribution in [0.5, 0.6) is 11.5 Å². The minimum atomic E-state index is -4.63. The van der Waals surface area contributed by atoms with E-state index < -0.39 is 47.6 Å². The Kier molecular flexibility index (Phi) is 12.5. The van der Waals surface area contributed by atoms with Crippen LogP contribution in [0.25, 0.3) is 0 Å². The molecule has 0 unspecified atom stereocenters. The molecule has 2 aromatic rings. The maximum absolute atomic E-state index is 14.6. The number of urea groups is 1. The molecule has 11 heteroatoms. The molecule has 2 rings (SSSR count). The average Bonchev–Trinajstić information content (AvgIpc) is 2.88. The lowest BCUT2D eigenvalue weighted by atomic mass is 10.1. The fourth-order valence-electron chi connectivity index (χ4n) is 3.77. The molecule has 0 saturated carbocycles. The van der Waals surface area contributed by atoms with E-state index in [0.29, 0.717) is 18.7 Å². The topological polar surface area (TPSA) is 77.1 Å². The number of hydrogen-bond acceptors (Lipinski definition) is 5. The Labute approximate surface area is 232 Å². The Hall–Kier alpha value is -3.50. The van der Waals surface area contributed by atoms with Crippen molar-refractivity contribution < 1.29 is 41.4 Å². The van der Waals surface area contributed by atoms with Gasteiger partial charge in [-0.25, -0.2) is 14.0 Å². The lowest BCUT2D eigenvalue weighted by Gasteiger charge is -2.25. The van der Waals surface area contributed by atoms with E-state index in [4.69, 9.17) is 14.2 Å². The van der Waals surface area contributed by atoms with E-state index in [1.807, 2.05) is 0 Å². The van der Waals surface area contributed by atoms with Gasteiger partial charge >= 0.3 is 18.2 Å². The van der Waals surface area contributed by atoms with Gasteiger partial charge in [-0.05, 0) is 57.0 Å². The van der Waals surface area contributed by atoms with Crippen molar-refractivity contribution in [1.82, 2.24) is 4.90 Å². The maximum atomic E-state index is 14.6. The highest BCUT2D eigenvalue weighted by molar-refractivity contribution is 5.91. The molecule has 1 N–H and O–H groups in total. The average molecular weight is 571 g/mol. The summed E-state index contributed by atoms with van der Waals surface area (Å²) in [4.78, 5) is 26.8. The highest BCUT2D eigenvalue weighted by atomic mass is 19.4. The van der Waals surface area contributed by atoms with Crippen LogP contribution in [0.2, 0.25) is 0 Å². The summed E-state index contributed by atoms with van der Waals surface area (Å²) in [6.45, 7) is 6.08. The van der Waals surface area contributed by atoms with Crippen LogP contribution in [0.15, 0.2) is 42.5 Å². The van der Waals surface area contributed by atoms with E-state index >= 15 is 0 Å². The highest BCUT2D eigenvalue weighted by Gasteiger charge is 2.32. The number of nitrogens with zero attached hydrogens (tertiary/aromatic N) is 1. The Bertz CT molecular complexity index is 1090. The summed E-state index contributed by atoms with van der Waals surface area (Å²) < 4.78 is 68.2. The van der Waals surface area contributed by atoms with Crippen molar-refractivity contribution in [3.05, 3.63) is 53.8 Å². The standard InChI is InChI=1S/C29H38F4N2O5/c1-5-7-8-9-10-18-35(19-21-14-16-22(17-15-21)40-28(3,4)26(36)38-6-2)27(37)34-25-23(30)12-11-13-24(25)39-20-29(31,32)33/h11-17H,5-10,18-20H2,1-4H3,(H,34,37). The van der Waals surface area contributed by atoms with Gasteiger partial charge in [-0.15, -0.1) is 0 Å². The third-order valence-corrected chi connectivity index (χ3v) is 5.85. The van der Waals surface area contributed by atoms with Crippen molar-refractivity contribution in [3.8, 4) is 11.5 Å². The highest BCUT2D eigenvalue weighted by Crippen LogP contribution is 2.30. The second-order valence-corrected chi connectivity index (χ2v) is 9.76. The van der Waals surface area contributed by atoms with Crippen LogP contribution in [-0.2, 0) is 16.1 Å². The molecule has 0 aliphatic heterocycles. The summed E-state index contributed by atoms with van der Waals surface area (Å²) >= 11 is 0. The van der Waals surface area contributed by atoms with Gasteiger partial charge in [0, 0.05) is 13.1 Å². The summed E-state index contributed by atoms with van der Waals surface area (Å²) in [6, 6.07) is 9.50. The molecule has 0 spiro atoms. The summed E-state index contributed by atoms with van der Waals surface area (Å²) in [7, 11) is 0. The van der Waals surface area contributed by atoms with Gasteiger partial charge in [0.15, 0.2) is 18.0 Å². The largest absolute Gasteiger partial charge is 0.482 e. The summed E-state index contributed by atoms with van der Waals surface area (Å²) in [5, 5.41) is 2.40. The third-order valence-electron chi connectivity index (χ3n) is 5.85. The van der Waals surface area contributed by atoms with Crippen LogP contribution in [-0.4, -0.2) is 48.4 Å². The molecule has 0 atom stereocenters. The van der Waals surface area contributed by atoms with Gasteiger partial charge in [-0.3, -0.25) is 0 Å². The van der Waals surface area contributed by atoms with Crippen molar-refractivity contribution in [2.75, 3.05) is 25.1 Å². The third kappa shape index (κ3) is 10.9. The monoisotopic (exact) mass is 570 g/mol. The van der Waals surface area contributed by atoms with Crippen LogP contribution in [0.1, 0.15) is 65.4 Å². The van der Waals surface area contributed by atoms with Gasteiger partial charge in [0.2, 0.25) is 0 Å². The lowest BCUT2D eigenvalue weighted by Crippen LogP contribution is -2.39. The number of esters is 1. The van der Waals surface area contributed by atoms with Crippen molar-refractivity contribution in [2.45, 2.75) is 78.1 Å². The molecule has 0 aromatic heterocycles. The van der Waals surface area contributed by atoms with E-state index in [-0.39, 0.29) is 13.2 Å². The maximum Gasteiger partial charge on any atom is 0.422 e. The fourth-order valence-corrected chi connectivity index (χ4v) is 3.77. The number of amides is 2. The Morgan fingerprint density at radius 1 is 0.950 bits per heavy atom. The van der Waals surface area contributed by atoms with Crippen molar-refractivity contribution >= 4 is 17.7 Å². The first-order valence-electron chi connectivity index (χ1n) is 13.4. The predicted octanol–water partition coefficient (Wildman–Crippen LogP) is 7.49. The second kappa shape index (κ2) is 15.3. The first-order chi connectivity index (χ1) is 18.9. The minimum absolute atomic E-state index is 0.147. The molecule has 2 aromatic carbocycles. The normalized spacial score (nSPS) is 11.6. The smallest absolute Gasteiger partial charge is 0.422 e. The molecule has 222 valence electrons. The quantitative estimate of drug-likeness (QED) is 0.136. The summed E-state index contributed by atoms with van der Waals surface area (Å²) in [6.07, 6.45) is 0.0606. The molecule has 7 nitrogen and oxygen atoms in total. The summed E-state index contributed by atoms with van der Waals surface area (Å²) in [5.41, 5.74) is -0.933. The Morgan fingerprint density at radius 3 is 2.25 bits per heavy atom. The molecule has 0 saturated heterocycles. The number of carbonyl (C=O) groups excluding carboxylic acids is 2. The van der Waals surface area contributed by atoms with Crippen molar-refractivity contribution in [1.29, 1.82) is 0 Å². The van der Waals surface area contributed by atoms with Gasteiger partial charge < -0.3 is 24.4 Å². The van der Waals surface area contributed by atoms with Crippen molar-refractivity contribution in [2.24, 2.45) is 0 Å². The molecule has 0 heterocycles. The van der Waals surface area contributed by atoms with Crippen molar-refractivity contribution in [3.63, 3.8) is 0 Å². The van der Waals surface area contributed by atoms with Gasteiger partial charge in [-0.2, -0.15) is 13.2 Å². The molecule has 0 aliphatic carbocycles. The molecular formula is C29H38F4N2O5. The predicted molar refractivity (Wildman–Crippen MR) is 144 cm³/mol. The zero-order valence-corrected chi connectivity index (χ0v) is 23.4. The number of nitrogens with one attached hydrogen (secondary N) is 1. The molecule has 2 amide bonds. The van der Waals surface area contributed by atoms with E-state index in [1.54, 1.807) is 45.0 Å². The van der Waals surface area contributed by atoms with Gasteiger partial charge in [0.05, 0.1) is 6.61 Å². The summed E-state index contributed by atoms with van der Waals surface area (Å²) in [5.74, 6) is -1.41. The number of anilines is 1. The number of halogens is 4. The van der Waals surface area contributed by atoms with Gasteiger partial charge in [-0.1, -0.05) is 50.8 Å². The first-order valence-corrected chi connectivity index (χ1v) is 13.4. The molecule has 40 heavy (non-hydrogen) atoms. The number of rotatable bonds is 15. The number of hydrogen-bond donors (Lipinski definition) is 1. The SMILES string of the molecule is CCCCCCCN(Cc1ccc(OC(C)(C)C(=O)OCC)cc1)C(=O)Nc1c(F)cccc1OCC(F)(F)F. The zero-order chi connectivity index (χ0) is 29.8. The van der Waals surface area contributed by atoms with Gasteiger partial charge in [0.1, 0.15) is 17.2 Å². The zero-order valence-electron chi connectivity index (χ0n) is 23.4. The minimum Gasteiger partial charge on any atom is -0.482 e. The van der Waals surface area contributed by atoms with E-state index in [2.05, 4.69) is 12.2 Å². The molecule has 0 radical (unpaired) electrons. The first kappa shape index (κ1) is 32.7. The van der Waals surface area contributed by atoms with Gasteiger partial charge in [0.25, 0.3) is 0 Å². The number of carbonyl (C=O) groups is 2. The van der Waals surface area contributed by atoms with Crippen LogP contribution < -0.4 is 14.8 Å². The molecule has 0 aliphatic rings. The Balaban J connectivity index is 2.18.